The molecular weight excluding hydrogens is 284 g/mol. The fourth-order valence-corrected chi connectivity index (χ4v) is 4.92. The molecule has 4 atom stereocenters. The first-order chi connectivity index (χ1) is 8.65. The molecule has 0 aliphatic heterocycles. The molecule has 0 N–H and O–H groups in total. The summed E-state index contributed by atoms with van der Waals surface area (Å²) in [6.45, 7) is 4.52. The number of rotatable bonds is 3. The van der Waals surface area contributed by atoms with Crippen molar-refractivity contribution in [2.45, 2.75) is 50.3 Å². The lowest BCUT2D eigenvalue weighted by atomic mass is 9.84. The summed E-state index contributed by atoms with van der Waals surface area (Å²) in [6.07, 6.45) is 5.91. The fraction of sp³-hybridized carbons (Fsp3) is 0.647. The van der Waals surface area contributed by atoms with Gasteiger partial charge in [0.05, 0.1) is 0 Å². The third-order valence-corrected chi connectivity index (χ3v) is 6.30. The first kappa shape index (κ1) is 12.7. The molecule has 4 unspecified atom stereocenters. The molecule has 2 saturated carbocycles. The summed E-state index contributed by atoms with van der Waals surface area (Å²) < 4.78 is 0. The Morgan fingerprint density at radius 1 is 1.00 bits per heavy atom. The second-order valence-electron chi connectivity index (χ2n) is 6.56. The highest BCUT2D eigenvalue weighted by Gasteiger charge is 2.42. The van der Waals surface area contributed by atoms with Crippen LogP contribution in [0.15, 0.2) is 24.3 Å². The van der Waals surface area contributed by atoms with E-state index in [1.54, 1.807) is 0 Å². The van der Waals surface area contributed by atoms with Crippen molar-refractivity contribution in [3.05, 3.63) is 35.4 Å². The number of hydrogen-bond donors (Lipinski definition) is 0. The highest BCUT2D eigenvalue weighted by Crippen LogP contribution is 2.54. The van der Waals surface area contributed by atoms with E-state index in [4.69, 9.17) is 0 Å². The van der Waals surface area contributed by atoms with E-state index in [1.807, 2.05) is 0 Å². The van der Waals surface area contributed by atoms with Gasteiger partial charge >= 0.3 is 0 Å². The Labute approximate surface area is 119 Å². The molecule has 2 aliphatic carbocycles. The predicted octanol–water partition coefficient (Wildman–Crippen LogP) is 5.68. The zero-order chi connectivity index (χ0) is 12.7. The molecule has 2 bridgehead atoms. The van der Waals surface area contributed by atoms with Gasteiger partial charge in [0.2, 0.25) is 0 Å². The molecule has 0 saturated heterocycles. The second kappa shape index (κ2) is 5.00. The van der Waals surface area contributed by atoms with Crippen LogP contribution in [0.4, 0.5) is 0 Å². The average Bonchev–Trinajstić information content (AvgIpc) is 3.00. The molecule has 98 valence electrons. The van der Waals surface area contributed by atoms with E-state index in [-0.39, 0.29) is 0 Å². The van der Waals surface area contributed by atoms with Crippen molar-refractivity contribution in [3.63, 3.8) is 0 Å². The maximum atomic E-state index is 3.98. The van der Waals surface area contributed by atoms with Crippen molar-refractivity contribution in [2.75, 3.05) is 0 Å². The van der Waals surface area contributed by atoms with Gasteiger partial charge in [-0.15, -0.1) is 0 Å². The summed E-state index contributed by atoms with van der Waals surface area (Å²) in [5, 5.41) is 0. The molecule has 2 aliphatic rings. The van der Waals surface area contributed by atoms with Gasteiger partial charge in [-0.25, -0.2) is 0 Å². The van der Waals surface area contributed by atoms with Crippen molar-refractivity contribution in [2.24, 2.45) is 17.8 Å². The van der Waals surface area contributed by atoms with E-state index in [1.165, 1.54) is 36.8 Å². The summed E-state index contributed by atoms with van der Waals surface area (Å²) in [5.41, 5.74) is 2.93. The minimum atomic E-state index is 0.578. The lowest BCUT2D eigenvalue weighted by Crippen LogP contribution is -2.15. The van der Waals surface area contributed by atoms with Gasteiger partial charge in [-0.2, -0.15) is 0 Å². The van der Waals surface area contributed by atoms with Crippen molar-refractivity contribution in [1.29, 1.82) is 0 Å². The molecule has 0 nitrogen and oxygen atoms in total. The Bertz CT molecular complexity index is 406. The number of hydrogen-bond acceptors (Lipinski definition) is 0. The predicted molar refractivity (Wildman–Crippen MR) is 81.1 cm³/mol. The number of alkyl halides is 1. The number of halogens is 1. The van der Waals surface area contributed by atoms with Crippen LogP contribution < -0.4 is 0 Å². The van der Waals surface area contributed by atoms with E-state index in [2.05, 4.69) is 54.0 Å². The Kier molecular flexibility index (Phi) is 3.53. The molecule has 1 aromatic rings. The molecule has 0 aromatic heterocycles. The SMILES string of the molecule is CC(C)c1ccc(C(Br)C2CC3CCC2C3)cc1. The van der Waals surface area contributed by atoms with Crippen molar-refractivity contribution in [3.8, 4) is 0 Å². The van der Waals surface area contributed by atoms with E-state index in [0.29, 0.717) is 10.7 Å². The number of fused-ring (bicyclic) bond motifs is 2. The first-order valence-electron chi connectivity index (χ1n) is 7.39. The molecule has 0 spiro atoms. The largest absolute Gasteiger partial charge is 0.0836 e. The Balaban J connectivity index is 1.74. The van der Waals surface area contributed by atoms with Gasteiger partial charge in [-0.05, 0) is 54.1 Å². The van der Waals surface area contributed by atoms with Crippen molar-refractivity contribution in [1.82, 2.24) is 0 Å². The molecule has 0 radical (unpaired) electrons. The molecule has 18 heavy (non-hydrogen) atoms. The molecule has 1 heteroatoms. The van der Waals surface area contributed by atoms with Crippen LogP contribution in [0, 0.1) is 17.8 Å². The summed E-state index contributed by atoms with van der Waals surface area (Å²) in [5.74, 6) is 3.54. The van der Waals surface area contributed by atoms with Crippen LogP contribution in [0.2, 0.25) is 0 Å². The van der Waals surface area contributed by atoms with Crippen LogP contribution in [0.25, 0.3) is 0 Å². The molecule has 1 aromatic carbocycles. The van der Waals surface area contributed by atoms with Crippen LogP contribution in [0.3, 0.4) is 0 Å². The highest BCUT2D eigenvalue weighted by atomic mass is 79.9. The summed E-state index contributed by atoms with van der Waals surface area (Å²) >= 11 is 3.98. The van der Waals surface area contributed by atoms with Gasteiger partial charge in [0.15, 0.2) is 0 Å². The Morgan fingerprint density at radius 2 is 1.67 bits per heavy atom. The lowest BCUT2D eigenvalue weighted by molar-refractivity contribution is 0.329. The third kappa shape index (κ3) is 2.27. The van der Waals surface area contributed by atoms with Crippen LogP contribution in [-0.2, 0) is 0 Å². The Morgan fingerprint density at radius 3 is 2.17 bits per heavy atom. The quantitative estimate of drug-likeness (QED) is 0.630. The van der Waals surface area contributed by atoms with Gasteiger partial charge < -0.3 is 0 Å². The average molecular weight is 307 g/mol. The minimum absolute atomic E-state index is 0.578. The summed E-state index contributed by atoms with van der Waals surface area (Å²) in [7, 11) is 0. The monoisotopic (exact) mass is 306 g/mol. The molecular formula is C17H23Br. The zero-order valence-electron chi connectivity index (χ0n) is 11.4. The van der Waals surface area contributed by atoms with Crippen molar-refractivity contribution >= 4 is 15.9 Å². The van der Waals surface area contributed by atoms with Crippen LogP contribution in [0.1, 0.15) is 61.4 Å². The van der Waals surface area contributed by atoms with Gasteiger partial charge in [-0.3, -0.25) is 0 Å². The standard InChI is InChI=1S/C17H23Br/c1-11(2)13-5-7-14(8-6-13)17(18)16-10-12-3-4-15(16)9-12/h5-8,11-12,15-17H,3-4,9-10H2,1-2H3. The molecule has 3 rings (SSSR count). The lowest BCUT2D eigenvalue weighted by Gasteiger charge is -2.27. The molecule has 2 fully saturated rings. The van der Waals surface area contributed by atoms with Gasteiger partial charge in [-0.1, -0.05) is 60.5 Å². The highest BCUT2D eigenvalue weighted by molar-refractivity contribution is 9.09. The van der Waals surface area contributed by atoms with Gasteiger partial charge in [0.1, 0.15) is 0 Å². The van der Waals surface area contributed by atoms with Crippen LogP contribution in [-0.4, -0.2) is 0 Å². The smallest absolute Gasteiger partial charge is 0.0426 e. The van der Waals surface area contributed by atoms with Crippen LogP contribution in [0.5, 0.6) is 0 Å². The molecule has 0 heterocycles. The maximum Gasteiger partial charge on any atom is 0.0426 e. The normalized spacial score (nSPS) is 32.1. The Hall–Kier alpha value is -0.300. The van der Waals surface area contributed by atoms with E-state index in [9.17, 15) is 0 Å². The van der Waals surface area contributed by atoms with E-state index < -0.39 is 0 Å². The number of benzene rings is 1. The zero-order valence-corrected chi connectivity index (χ0v) is 13.0. The molecule has 0 amide bonds. The summed E-state index contributed by atoms with van der Waals surface area (Å²) in [4.78, 5) is 0.578. The van der Waals surface area contributed by atoms with E-state index in [0.717, 1.165) is 17.8 Å². The van der Waals surface area contributed by atoms with Gasteiger partial charge in [0, 0.05) is 4.83 Å². The third-order valence-electron chi connectivity index (χ3n) is 5.09. The van der Waals surface area contributed by atoms with Gasteiger partial charge in [0.25, 0.3) is 0 Å². The minimum Gasteiger partial charge on any atom is -0.0836 e. The van der Waals surface area contributed by atoms with Crippen molar-refractivity contribution < 1.29 is 0 Å². The summed E-state index contributed by atoms with van der Waals surface area (Å²) in [6, 6.07) is 9.28. The first-order valence-corrected chi connectivity index (χ1v) is 8.30. The second-order valence-corrected chi connectivity index (χ2v) is 7.55. The topological polar surface area (TPSA) is 0 Å². The van der Waals surface area contributed by atoms with Crippen LogP contribution >= 0.6 is 15.9 Å². The maximum absolute atomic E-state index is 3.98. The fourth-order valence-electron chi connectivity index (χ4n) is 3.96. The van der Waals surface area contributed by atoms with E-state index >= 15 is 0 Å².